The van der Waals surface area contributed by atoms with E-state index in [0.29, 0.717) is 30.4 Å². The average Bonchev–Trinajstić information content (AvgIpc) is 2.44. The topological polar surface area (TPSA) is 118 Å². The van der Waals surface area contributed by atoms with Crippen LogP contribution in [0, 0.1) is 10.8 Å². The van der Waals surface area contributed by atoms with Crippen LogP contribution in [0.1, 0.15) is 47.0 Å². The quantitative estimate of drug-likeness (QED) is 0.293. The number of aliphatic carboxylic acids is 1. The van der Waals surface area contributed by atoms with Crippen LogP contribution in [0.4, 0.5) is 0 Å². The lowest BCUT2D eigenvalue weighted by molar-refractivity contribution is -0.890. The Morgan fingerprint density at radius 2 is 1.65 bits per heavy atom. The Balaban J connectivity index is 4.57. The van der Waals surface area contributed by atoms with Gasteiger partial charge < -0.3 is 14.3 Å². The zero-order valence-corrected chi connectivity index (χ0v) is 17.6. The van der Waals surface area contributed by atoms with Gasteiger partial charge in [0.05, 0.1) is 37.2 Å². The third-order valence-electron chi connectivity index (χ3n) is 4.78. The molecule has 0 aromatic rings. The summed E-state index contributed by atoms with van der Waals surface area (Å²) in [5.74, 6) is -1.68. The fourth-order valence-electron chi connectivity index (χ4n) is 2.77. The van der Waals surface area contributed by atoms with Crippen LogP contribution in [0.25, 0.3) is 0 Å². The molecule has 0 fully saturated rings. The minimum Gasteiger partial charge on any atom is -0.481 e. The summed E-state index contributed by atoms with van der Waals surface area (Å²) in [4.78, 5) is 23.8. The van der Waals surface area contributed by atoms with Crippen LogP contribution in [0.5, 0.6) is 0 Å². The third-order valence-corrected chi connectivity index (χ3v) is 5.58. The van der Waals surface area contributed by atoms with Gasteiger partial charge in [-0.15, -0.1) is 0 Å². The second-order valence-corrected chi connectivity index (χ2v) is 10.0. The highest BCUT2D eigenvalue weighted by atomic mass is 32.2. The molecule has 0 aliphatic rings. The lowest BCUT2D eigenvalue weighted by Gasteiger charge is -2.33. The summed E-state index contributed by atoms with van der Waals surface area (Å²) in [5, 5.41) is 9.38. The van der Waals surface area contributed by atoms with Crippen molar-refractivity contribution in [2.75, 3.05) is 39.5 Å². The minimum atomic E-state index is -3.97. The number of hydrogen-bond acceptors (Lipinski definition) is 5. The predicted molar refractivity (Wildman–Crippen MR) is 98.3 cm³/mol. The Bertz CT molecular complexity index is 598. The van der Waals surface area contributed by atoms with Crippen LogP contribution in [0.3, 0.4) is 0 Å². The molecule has 1 atom stereocenters. The fraction of sp³-hybridized carbons (Fsp3) is 0.882. The van der Waals surface area contributed by atoms with Crippen LogP contribution >= 0.6 is 0 Å². The molecule has 0 saturated carbocycles. The van der Waals surface area contributed by atoms with E-state index in [1.807, 2.05) is 14.1 Å². The number of carbonyl (C=O) groups excluding carboxylic acids is 1. The van der Waals surface area contributed by atoms with E-state index < -0.39 is 32.9 Å². The van der Waals surface area contributed by atoms with Gasteiger partial charge in [-0.3, -0.25) is 14.1 Å². The second kappa shape index (κ2) is 9.14. The summed E-state index contributed by atoms with van der Waals surface area (Å²) in [5.41, 5.74) is -1.92. The number of likely N-dealkylation sites (N-methyl/N-ethyl adjacent to an activating group) is 1. The van der Waals surface area contributed by atoms with Crippen molar-refractivity contribution in [3.05, 3.63) is 0 Å². The molecule has 0 heterocycles. The average molecular weight is 397 g/mol. The van der Waals surface area contributed by atoms with Crippen LogP contribution in [-0.2, 0) is 24.4 Å². The van der Waals surface area contributed by atoms with E-state index in [2.05, 4.69) is 0 Å². The van der Waals surface area contributed by atoms with Crippen LogP contribution < -0.4 is 0 Å². The van der Waals surface area contributed by atoms with Gasteiger partial charge in [-0.2, -0.15) is 8.42 Å². The van der Waals surface area contributed by atoms with Crippen molar-refractivity contribution in [3.63, 3.8) is 0 Å². The van der Waals surface area contributed by atoms with E-state index in [1.54, 1.807) is 27.7 Å². The Morgan fingerprint density at radius 3 is 2.08 bits per heavy atom. The first kappa shape index (κ1) is 24.8. The summed E-state index contributed by atoms with van der Waals surface area (Å²) < 4.78 is 36.0. The molecule has 154 valence electrons. The number of esters is 1. The van der Waals surface area contributed by atoms with E-state index in [1.165, 1.54) is 0 Å². The minimum absolute atomic E-state index is 0.150. The summed E-state index contributed by atoms with van der Waals surface area (Å²) >= 11 is 0. The molecule has 0 aromatic heterocycles. The van der Waals surface area contributed by atoms with Gasteiger partial charge in [0.2, 0.25) is 0 Å². The maximum Gasteiger partial charge on any atom is 0.311 e. The first-order valence-electron chi connectivity index (χ1n) is 8.72. The Kier molecular flexibility index (Phi) is 8.72. The Hall–Kier alpha value is -1.19. The first-order valence-corrected chi connectivity index (χ1v) is 10.3. The van der Waals surface area contributed by atoms with E-state index in [9.17, 15) is 23.1 Å². The highest BCUT2D eigenvalue weighted by molar-refractivity contribution is 7.85. The Labute approximate surface area is 156 Å². The molecule has 0 rings (SSSR count). The molecular formula is C17H34NO7S+. The van der Waals surface area contributed by atoms with Crippen molar-refractivity contribution in [1.29, 1.82) is 0 Å². The second-order valence-electron chi connectivity index (χ2n) is 8.44. The molecule has 0 spiro atoms. The molecule has 0 amide bonds. The maximum absolute atomic E-state index is 12.4. The molecule has 9 heteroatoms. The molecule has 0 radical (unpaired) electrons. The molecular weight excluding hydrogens is 362 g/mol. The largest absolute Gasteiger partial charge is 0.481 e. The lowest BCUT2D eigenvalue weighted by atomic mass is 9.72. The monoisotopic (exact) mass is 396 g/mol. The van der Waals surface area contributed by atoms with E-state index >= 15 is 0 Å². The zero-order chi connectivity index (χ0) is 20.8. The number of rotatable bonds is 12. The van der Waals surface area contributed by atoms with Gasteiger partial charge >= 0.3 is 11.9 Å². The number of quaternary nitrogens is 1. The smallest absolute Gasteiger partial charge is 0.311 e. The SMILES string of the molecule is CCC(C)(CC(C)(C)C(=O)OCC[N+](C)(C)CCCS(=O)(=O)O)C(=O)O. The number of hydrogen-bond donors (Lipinski definition) is 2. The first-order chi connectivity index (χ1) is 11.5. The lowest BCUT2D eigenvalue weighted by Crippen LogP contribution is -2.44. The molecule has 0 bridgehead atoms. The normalized spacial score (nSPS) is 15.3. The summed E-state index contributed by atoms with van der Waals surface area (Å²) in [6.07, 6.45) is 0.896. The molecule has 0 aromatic carbocycles. The van der Waals surface area contributed by atoms with Crippen LogP contribution in [0.15, 0.2) is 0 Å². The molecule has 0 saturated heterocycles. The molecule has 1 unspecified atom stereocenters. The van der Waals surface area contributed by atoms with Crippen molar-refractivity contribution in [2.24, 2.45) is 10.8 Å². The van der Waals surface area contributed by atoms with Gasteiger partial charge in [0.1, 0.15) is 13.2 Å². The van der Waals surface area contributed by atoms with Gasteiger partial charge in [0.25, 0.3) is 10.1 Å². The molecule has 26 heavy (non-hydrogen) atoms. The van der Waals surface area contributed by atoms with E-state index in [-0.39, 0.29) is 18.8 Å². The molecule has 2 N–H and O–H groups in total. The van der Waals surface area contributed by atoms with Gasteiger partial charge in [-0.1, -0.05) is 6.92 Å². The van der Waals surface area contributed by atoms with Crippen LogP contribution in [0.2, 0.25) is 0 Å². The van der Waals surface area contributed by atoms with Gasteiger partial charge in [0.15, 0.2) is 0 Å². The van der Waals surface area contributed by atoms with Crippen LogP contribution in [-0.4, -0.2) is 74.0 Å². The van der Waals surface area contributed by atoms with Crippen molar-refractivity contribution in [1.82, 2.24) is 0 Å². The zero-order valence-electron chi connectivity index (χ0n) is 16.7. The number of ether oxygens (including phenoxy) is 1. The Morgan fingerprint density at radius 1 is 1.12 bits per heavy atom. The van der Waals surface area contributed by atoms with Crippen molar-refractivity contribution in [3.8, 4) is 0 Å². The summed E-state index contributed by atoms with van der Waals surface area (Å²) in [6, 6.07) is 0. The van der Waals surface area contributed by atoms with Gasteiger partial charge in [-0.05, 0) is 33.6 Å². The maximum atomic E-state index is 12.4. The predicted octanol–water partition coefficient (Wildman–Crippen LogP) is 1.80. The van der Waals surface area contributed by atoms with E-state index in [0.717, 1.165) is 0 Å². The van der Waals surface area contributed by atoms with Crippen molar-refractivity contribution >= 4 is 22.1 Å². The third kappa shape index (κ3) is 8.95. The highest BCUT2D eigenvalue weighted by Gasteiger charge is 2.42. The summed E-state index contributed by atoms with van der Waals surface area (Å²) in [6.45, 7) is 7.90. The van der Waals surface area contributed by atoms with Gasteiger partial charge in [-0.25, -0.2) is 0 Å². The molecule has 8 nitrogen and oxygen atoms in total. The highest BCUT2D eigenvalue weighted by Crippen LogP contribution is 2.37. The number of nitrogens with zero attached hydrogens (tertiary/aromatic N) is 1. The summed E-state index contributed by atoms with van der Waals surface area (Å²) in [7, 11) is -0.217. The standard InChI is InChI=1S/C17H33NO7S/c1-7-17(4,14(19)20)13-16(2,3)15(21)25-11-10-18(5,6)9-8-12-26(22,23)24/h7-13H2,1-6H3,(H-,19,20,22,23,24)/p+1. The van der Waals surface area contributed by atoms with Crippen molar-refractivity contribution < 1.29 is 36.9 Å². The fourth-order valence-corrected chi connectivity index (χ4v) is 3.26. The number of carbonyl (C=O) groups is 2. The van der Waals surface area contributed by atoms with Gasteiger partial charge in [0, 0.05) is 6.42 Å². The number of carboxylic acid groups (broad SMARTS) is 1. The molecule has 0 aliphatic carbocycles. The van der Waals surface area contributed by atoms with E-state index in [4.69, 9.17) is 9.29 Å². The molecule has 0 aliphatic heterocycles. The van der Waals surface area contributed by atoms with Crippen molar-refractivity contribution in [2.45, 2.75) is 47.0 Å². The number of carboxylic acids is 1.